The Hall–Kier alpha value is -0.868. The molecular formula is C21H41BN2O5Si. The van der Waals surface area contributed by atoms with E-state index in [1.165, 1.54) is 0 Å². The van der Waals surface area contributed by atoms with E-state index in [0.717, 1.165) is 5.46 Å². The summed E-state index contributed by atoms with van der Waals surface area (Å²) in [6.07, 6.45) is 1.76. The predicted molar refractivity (Wildman–Crippen MR) is 123 cm³/mol. The van der Waals surface area contributed by atoms with Crippen molar-refractivity contribution in [1.29, 1.82) is 0 Å². The van der Waals surface area contributed by atoms with Gasteiger partial charge < -0.3 is 23.2 Å². The van der Waals surface area contributed by atoms with E-state index in [0.29, 0.717) is 25.7 Å². The number of hydrogen-bond donors (Lipinski definition) is 0. The Balaban J connectivity index is 1.85. The molecule has 0 aromatic carbocycles. The standard InChI is InChI=1S/C21H41BN2O5Si/c1-16(15-27-30(10,11)19(2,3)4)25-12-13-26-18-17(14-23-24(18)9)22-28-20(5,6)21(7,8)29-22/h14,16H,12-13,15H2,1-11H3. The van der Waals surface area contributed by atoms with Crippen LogP contribution >= 0.6 is 0 Å². The number of ether oxygens (including phenoxy) is 2. The third-order valence-corrected chi connectivity index (χ3v) is 11.1. The normalized spacial score (nSPS) is 19.9. The molecule has 1 unspecified atom stereocenters. The molecule has 0 radical (unpaired) electrons. The third kappa shape index (κ3) is 5.68. The van der Waals surface area contributed by atoms with Gasteiger partial charge in [-0.3, -0.25) is 0 Å². The van der Waals surface area contributed by atoms with Gasteiger partial charge in [0.15, 0.2) is 8.32 Å². The van der Waals surface area contributed by atoms with E-state index >= 15 is 0 Å². The van der Waals surface area contributed by atoms with E-state index in [1.807, 2.05) is 41.7 Å². The Labute approximate surface area is 184 Å². The van der Waals surface area contributed by atoms with Gasteiger partial charge in [0, 0.05) is 7.05 Å². The van der Waals surface area contributed by atoms with Gasteiger partial charge in [-0.1, -0.05) is 20.8 Å². The van der Waals surface area contributed by atoms with E-state index in [-0.39, 0.29) is 11.1 Å². The molecule has 1 aromatic heterocycles. The number of rotatable bonds is 9. The van der Waals surface area contributed by atoms with Gasteiger partial charge in [0.2, 0.25) is 5.88 Å². The van der Waals surface area contributed by atoms with Gasteiger partial charge in [-0.2, -0.15) is 5.10 Å². The lowest BCUT2D eigenvalue weighted by atomic mass is 9.81. The molecule has 0 saturated carbocycles. The molecule has 2 rings (SSSR count). The molecule has 1 aliphatic heterocycles. The number of hydrogen-bond acceptors (Lipinski definition) is 6. The summed E-state index contributed by atoms with van der Waals surface area (Å²) in [4.78, 5) is 0. The third-order valence-electron chi connectivity index (χ3n) is 6.63. The fraction of sp³-hybridized carbons (Fsp3) is 0.857. The van der Waals surface area contributed by atoms with Crippen LogP contribution in [0.3, 0.4) is 0 Å². The summed E-state index contributed by atoms with van der Waals surface area (Å²) in [6.45, 7) is 22.9. The first-order valence-corrected chi connectivity index (χ1v) is 13.7. The Kier molecular flexibility index (Phi) is 7.57. The SMILES string of the molecule is CC(CO[Si](C)(C)C(C)(C)C)OCCOc1c(B2OC(C)(C)C(C)(C)O2)cnn1C. The Morgan fingerprint density at radius 2 is 1.70 bits per heavy atom. The maximum atomic E-state index is 6.23. The number of aromatic nitrogens is 2. The first-order chi connectivity index (χ1) is 13.6. The van der Waals surface area contributed by atoms with Crippen molar-refractivity contribution in [3.05, 3.63) is 6.20 Å². The molecule has 1 fully saturated rings. The molecule has 7 nitrogen and oxygen atoms in total. The van der Waals surface area contributed by atoms with Gasteiger partial charge in [-0.25, -0.2) is 4.68 Å². The molecule has 0 spiro atoms. The van der Waals surface area contributed by atoms with Crippen LogP contribution in [0.15, 0.2) is 6.20 Å². The van der Waals surface area contributed by atoms with Crippen molar-refractivity contribution in [2.24, 2.45) is 7.05 Å². The zero-order valence-corrected chi connectivity index (χ0v) is 21.8. The first kappa shape index (κ1) is 25.4. The van der Waals surface area contributed by atoms with E-state index in [4.69, 9.17) is 23.2 Å². The molecule has 0 aliphatic carbocycles. The minimum Gasteiger partial charge on any atom is -0.476 e. The molecule has 30 heavy (non-hydrogen) atoms. The van der Waals surface area contributed by atoms with Crippen molar-refractivity contribution in [2.75, 3.05) is 19.8 Å². The lowest BCUT2D eigenvalue weighted by Gasteiger charge is -2.36. The van der Waals surface area contributed by atoms with Crippen molar-refractivity contribution >= 4 is 20.9 Å². The van der Waals surface area contributed by atoms with E-state index in [2.05, 4.69) is 39.0 Å². The average Bonchev–Trinajstić information content (AvgIpc) is 3.05. The maximum absolute atomic E-state index is 6.23. The smallest absolute Gasteiger partial charge is 0.476 e. The molecular weight excluding hydrogens is 399 g/mol. The van der Waals surface area contributed by atoms with Gasteiger partial charge in [-0.15, -0.1) is 0 Å². The highest BCUT2D eigenvalue weighted by Crippen LogP contribution is 2.37. The quantitative estimate of drug-likeness (QED) is 0.433. The van der Waals surface area contributed by atoms with E-state index < -0.39 is 26.6 Å². The van der Waals surface area contributed by atoms with Crippen LogP contribution in [0.1, 0.15) is 55.4 Å². The Bertz CT molecular complexity index is 699. The van der Waals surface area contributed by atoms with Crippen LogP contribution in [0.5, 0.6) is 5.88 Å². The molecule has 0 amide bonds. The number of nitrogens with zero attached hydrogens (tertiary/aromatic N) is 2. The first-order valence-electron chi connectivity index (χ1n) is 10.8. The highest BCUT2D eigenvalue weighted by molar-refractivity contribution is 6.74. The Morgan fingerprint density at radius 3 is 2.23 bits per heavy atom. The summed E-state index contributed by atoms with van der Waals surface area (Å²) in [5, 5.41) is 4.52. The lowest BCUT2D eigenvalue weighted by Crippen LogP contribution is -2.42. The highest BCUT2D eigenvalue weighted by atomic mass is 28.4. The Morgan fingerprint density at radius 1 is 1.13 bits per heavy atom. The zero-order chi connectivity index (χ0) is 23.0. The van der Waals surface area contributed by atoms with Gasteiger partial charge >= 0.3 is 7.12 Å². The van der Waals surface area contributed by atoms with Crippen molar-refractivity contribution in [2.45, 2.75) is 90.8 Å². The average molecular weight is 440 g/mol. The van der Waals surface area contributed by atoms with Crippen molar-refractivity contribution in [1.82, 2.24) is 9.78 Å². The second-order valence-electron chi connectivity index (χ2n) is 10.7. The molecule has 172 valence electrons. The summed E-state index contributed by atoms with van der Waals surface area (Å²) < 4.78 is 32.1. The van der Waals surface area contributed by atoms with Crippen LogP contribution < -0.4 is 10.2 Å². The molecule has 1 aromatic rings. The summed E-state index contributed by atoms with van der Waals surface area (Å²) >= 11 is 0. The summed E-state index contributed by atoms with van der Waals surface area (Å²) in [5.41, 5.74) is -0.0218. The van der Waals surface area contributed by atoms with Crippen LogP contribution in [-0.4, -0.2) is 62.3 Å². The minimum atomic E-state index is -1.76. The van der Waals surface area contributed by atoms with E-state index in [9.17, 15) is 0 Å². The molecule has 0 N–H and O–H groups in total. The van der Waals surface area contributed by atoms with Gasteiger partial charge in [0.25, 0.3) is 0 Å². The van der Waals surface area contributed by atoms with Crippen molar-refractivity contribution in [3.8, 4) is 5.88 Å². The summed E-state index contributed by atoms with van der Waals surface area (Å²) in [6, 6.07) is 0. The zero-order valence-electron chi connectivity index (χ0n) is 20.8. The van der Waals surface area contributed by atoms with Crippen LogP contribution in [0.25, 0.3) is 0 Å². The van der Waals surface area contributed by atoms with E-state index in [1.54, 1.807) is 10.9 Å². The fourth-order valence-corrected chi connectivity index (χ4v) is 3.81. The van der Waals surface area contributed by atoms with Crippen LogP contribution in [-0.2, 0) is 25.5 Å². The van der Waals surface area contributed by atoms with Crippen molar-refractivity contribution in [3.63, 3.8) is 0 Å². The van der Waals surface area contributed by atoms with Crippen molar-refractivity contribution < 1.29 is 23.2 Å². The summed E-state index contributed by atoms with van der Waals surface area (Å²) in [5.74, 6) is 0.641. The second-order valence-corrected chi connectivity index (χ2v) is 15.5. The van der Waals surface area contributed by atoms with Crippen LogP contribution in [0.2, 0.25) is 18.1 Å². The van der Waals surface area contributed by atoms with Gasteiger partial charge in [-0.05, 0) is 52.8 Å². The van der Waals surface area contributed by atoms with Gasteiger partial charge in [0.1, 0.15) is 6.61 Å². The lowest BCUT2D eigenvalue weighted by molar-refractivity contribution is 0.00578. The monoisotopic (exact) mass is 440 g/mol. The largest absolute Gasteiger partial charge is 0.502 e. The fourth-order valence-electron chi connectivity index (χ4n) is 2.73. The maximum Gasteiger partial charge on any atom is 0.502 e. The molecule has 9 heteroatoms. The predicted octanol–water partition coefficient (Wildman–Crippen LogP) is 3.53. The molecule has 1 saturated heterocycles. The van der Waals surface area contributed by atoms with Crippen LogP contribution in [0.4, 0.5) is 0 Å². The second kappa shape index (κ2) is 8.94. The molecule has 1 atom stereocenters. The minimum absolute atomic E-state index is 0.0110. The molecule has 0 bridgehead atoms. The summed E-state index contributed by atoms with van der Waals surface area (Å²) in [7, 11) is -0.419. The molecule has 1 aliphatic rings. The number of aryl methyl sites for hydroxylation is 1. The van der Waals surface area contributed by atoms with Gasteiger partial charge in [0.05, 0.1) is 42.2 Å². The molecule has 2 heterocycles. The highest BCUT2D eigenvalue weighted by Gasteiger charge is 2.53. The van der Waals surface area contributed by atoms with Crippen LogP contribution in [0, 0.1) is 0 Å². The topological polar surface area (TPSA) is 64.0 Å².